The molecule has 1 aromatic rings. The van der Waals surface area contributed by atoms with Gasteiger partial charge in [-0.2, -0.15) is 0 Å². The van der Waals surface area contributed by atoms with Crippen molar-refractivity contribution in [3.8, 4) is 0 Å². The summed E-state index contributed by atoms with van der Waals surface area (Å²) in [6.07, 6.45) is 1.49. The zero-order valence-corrected chi connectivity index (χ0v) is 8.64. The number of hydrogen-bond donors (Lipinski definition) is 1. The van der Waals surface area contributed by atoms with E-state index >= 15 is 0 Å². The quantitative estimate of drug-likeness (QED) is 0.827. The Labute approximate surface area is 91.8 Å². The summed E-state index contributed by atoms with van der Waals surface area (Å²) in [5.74, 6) is -2.68. The Morgan fingerprint density at radius 1 is 1.06 bits per heavy atom. The third-order valence-corrected chi connectivity index (χ3v) is 2.63. The molecule has 0 amide bonds. The molecule has 1 radical (unpaired) electrons. The second-order valence-electron chi connectivity index (χ2n) is 3.83. The van der Waals surface area contributed by atoms with Gasteiger partial charge in [0, 0.05) is 31.3 Å². The lowest BCUT2D eigenvalue weighted by Gasteiger charge is -2.24. The summed E-state index contributed by atoms with van der Waals surface area (Å²) in [4.78, 5) is 0. The number of hydrogen-bond acceptors (Lipinski definition) is 1. The molecule has 1 heterocycles. The number of halogens is 3. The molecular weight excluding hydrogens is 217 g/mol. The molecule has 1 fully saturated rings. The molecule has 1 aromatic carbocycles. The maximum absolute atomic E-state index is 13.3. The third-order valence-electron chi connectivity index (χ3n) is 2.63. The number of nitrogens with zero attached hydrogens (tertiary/aromatic N) is 1. The average Bonchev–Trinajstić information content (AvgIpc) is 2.25. The molecule has 0 saturated carbocycles. The van der Waals surface area contributed by atoms with Crippen LogP contribution in [0.2, 0.25) is 0 Å². The molecule has 5 heteroatoms. The molecular formula is C11H12F3N2. The second-order valence-corrected chi connectivity index (χ2v) is 3.83. The Balaban J connectivity index is 2.14. The molecule has 0 atom stereocenters. The Hall–Kier alpha value is -1.23. The van der Waals surface area contributed by atoms with Gasteiger partial charge in [-0.1, -0.05) is 0 Å². The summed E-state index contributed by atoms with van der Waals surface area (Å²) >= 11 is 0. The van der Waals surface area contributed by atoms with Crippen LogP contribution in [0.3, 0.4) is 0 Å². The standard InChI is InChI=1S/C11H12F3N2/c12-7-5-9(13)11(10(14)6-7)16-8-1-3-15-4-2-8/h5-6,8,16H,1-4H2. The van der Waals surface area contributed by atoms with Crippen LogP contribution in [0.5, 0.6) is 0 Å². The first-order valence-electron chi connectivity index (χ1n) is 5.21. The number of rotatable bonds is 2. The Bertz CT molecular complexity index is 352. The lowest BCUT2D eigenvalue weighted by molar-refractivity contribution is 0.465. The minimum Gasteiger partial charge on any atom is -0.377 e. The summed E-state index contributed by atoms with van der Waals surface area (Å²) in [7, 11) is 0. The van der Waals surface area contributed by atoms with Crippen molar-refractivity contribution in [3.05, 3.63) is 29.6 Å². The monoisotopic (exact) mass is 229 g/mol. The molecule has 2 nitrogen and oxygen atoms in total. The van der Waals surface area contributed by atoms with Crippen molar-refractivity contribution >= 4 is 5.69 Å². The fourth-order valence-corrected chi connectivity index (χ4v) is 1.78. The van der Waals surface area contributed by atoms with Gasteiger partial charge in [-0.15, -0.1) is 0 Å². The molecule has 1 aliphatic rings. The predicted molar refractivity (Wildman–Crippen MR) is 54.8 cm³/mol. The van der Waals surface area contributed by atoms with E-state index in [1.165, 1.54) is 0 Å². The van der Waals surface area contributed by atoms with Crippen molar-refractivity contribution in [2.45, 2.75) is 18.9 Å². The van der Waals surface area contributed by atoms with Gasteiger partial charge < -0.3 is 5.32 Å². The van der Waals surface area contributed by atoms with Crippen LogP contribution in [0.25, 0.3) is 0 Å². The molecule has 1 N–H and O–H groups in total. The highest BCUT2D eigenvalue weighted by atomic mass is 19.1. The molecule has 1 saturated heterocycles. The van der Waals surface area contributed by atoms with Crippen LogP contribution in [-0.2, 0) is 0 Å². The highest BCUT2D eigenvalue weighted by Crippen LogP contribution is 2.22. The third kappa shape index (κ3) is 2.47. The first-order chi connectivity index (χ1) is 7.66. The van der Waals surface area contributed by atoms with E-state index in [0.717, 1.165) is 12.8 Å². The van der Waals surface area contributed by atoms with Gasteiger partial charge in [0.15, 0.2) is 11.6 Å². The maximum atomic E-state index is 13.3. The van der Waals surface area contributed by atoms with E-state index in [1.807, 2.05) is 0 Å². The summed E-state index contributed by atoms with van der Waals surface area (Å²) in [6, 6.07) is 1.36. The van der Waals surface area contributed by atoms with Crippen LogP contribution < -0.4 is 10.6 Å². The Morgan fingerprint density at radius 2 is 1.62 bits per heavy atom. The van der Waals surface area contributed by atoms with E-state index in [-0.39, 0.29) is 11.7 Å². The predicted octanol–water partition coefficient (Wildman–Crippen LogP) is 2.28. The van der Waals surface area contributed by atoms with Crippen molar-refractivity contribution in [1.29, 1.82) is 0 Å². The topological polar surface area (TPSA) is 26.1 Å². The van der Waals surface area contributed by atoms with Crippen LogP contribution in [0.15, 0.2) is 12.1 Å². The number of benzene rings is 1. The fourth-order valence-electron chi connectivity index (χ4n) is 1.78. The van der Waals surface area contributed by atoms with Gasteiger partial charge in [-0.25, -0.2) is 18.5 Å². The SMILES string of the molecule is Fc1cc(F)c(NC2CC[N]CC2)c(F)c1. The zero-order chi connectivity index (χ0) is 11.5. The molecule has 2 rings (SSSR count). The van der Waals surface area contributed by atoms with Crippen molar-refractivity contribution < 1.29 is 13.2 Å². The summed E-state index contributed by atoms with van der Waals surface area (Å²) in [5, 5.41) is 6.91. The molecule has 0 unspecified atom stereocenters. The second kappa shape index (κ2) is 4.74. The van der Waals surface area contributed by atoms with Gasteiger partial charge in [0.25, 0.3) is 0 Å². The molecule has 16 heavy (non-hydrogen) atoms. The number of piperidine rings is 1. The van der Waals surface area contributed by atoms with E-state index in [0.29, 0.717) is 25.2 Å². The van der Waals surface area contributed by atoms with Crippen LogP contribution in [0, 0.1) is 17.5 Å². The summed E-state index contributed by atoms with van der Waals surface area (Å²) in [6.45, 7) is 1.39. The molecule has 0 spiro atoms. The normalized spacial score (nSPS) is 17.4. The zero-order valence-electron chi connectivity index (χ0n) is 8.64. The van der Waals surface area contributed by atoms with Crippen molar-refractivity contribution in [2.24, 2.45) is 0 Å². The van der Waals surface area contributed by atoms with Gasteiger partial charge in [0.05, 0.1) is 0 Å². The van der Waals surface area contributed by atoms with Crippen LogP contribution in [0.1, 0.15) is 12.8 Å². The summed E-state index contributed by atoms with van der Waals surface area (Å²) in [5.41, 5.74) is -0.242. The van der Waals surface area contributed by atoms with E-state index in [1.54, 1.807) is 0 Å². The number of nitrogens with one attached hydrogen (secondary N) is 1. The van der Waals surface area contributed by atoms with E-state index in [4.69, 9.17) is 0 Å². The summed E-state index contributed by atoms with van der Waals surface area (Å²) < 4.78 is 39.3. The van der Waals surface area contributed by atoms with Crippen molar-refractivity contribution in [2.75, 3.05) is 18.4 Å². The van der Waals surface area contributed by atoms with Crippen LogP contribution in [-0.4, -0.2) is 19.1 Å². The smallest absolute Gasteiger partial charge is 0.152 e. The maximum Gasteiger partial charge on any atom is 0.152 e. The minimum atomic E-state index is -0.904. The first-order valence-corrected chi connectivity index (χ1v) is 5.21. The van der Waals surface area contributed by atoms with Crippen molar-refractivity contribution in [1.82, 2.24) is 5.32 Å². The molecule has 0 aromatic heterocycles. The molecule has 0 aliphatic carbocycles. The highest BCUT2D eigenvalue weighted by Gasteiger charge is 2.18. The minimum absolute atomic E-state index is 0.00645. The number of anilines is 1. The lowest BCUT2D eigenvalue weighted by atomic mass is 10.1. The van der Waals surface area contributed by atoms with E-state index in [2.05, 4.69) is 10.6 Å². The van der Waals surface area contributed by atoms with Gasteiger partial charge >= 0.3 is 0 Å². The van der Waals surface area contributed by atoms with E-state index < -0.39 is 17.5 Å². The molecule has 1 aliphatic heterocycles. The van der Waals surface area contributed by atoms with Crippen LogP contribution in [0.4, 0.5) is 18.9 Å². The molecule has 87 valence electrons. The van der Waals surface area contributed by atoms with Gasteiger partial charge in [-0.05, 0) is 12.8 Å². The molecule has 0 bridgehead atoms. The Morgan fingerprint density at radius 3 is 2.19 bits per heavy atom. The van der Waals surface area contributed by atoms with Crippen molar-refractivity contribution in [3.63, 3.8) is 0 Å². The van der Waals surface area contributed by atoms with Gasteiger partial charge in [0.2, 0.25) is 0 Å². The Kier molecular flexibility index (Phi) is 3.33. The van der Waals surface area contributed by atoms with Crippen LogP contribution >= 0.6 is 0 Å². The van der Waals surface area contributed by atoms with Gasteiger partial charge in [-0.3, -0.25) is 0 Å². The first kappa shape index (κ1) is 11.3. The largest absolute Gasteiger partial charge is 0.377 e. The fraction of sp³-hybridized carbons (Fsp3) is 0.455. The highest BCUT2D eigenvalue weighted by molar-refractivity contribution is 5.47. The average molecular weight is 229 g/mol. The van der Waals surface area contributed by atoms with E-state index in [9.17, 15) is 13.2 Å². The lowest BCUT2D eigenvalue weighted by Crippen LogP contribution is -2.32. The van der Waals surface area contributed by atoms with Gasteiger partial charge in [0.1, 0.15) is 11.5 Å².